The number of halogens is 1. The van der Waals surface area contributed by atoms with Gasteiger partial charge in [0.2, 0.25) is 0 Å². The van der Waals surface area contributed by atoms with Crippen molar-refractivity contribution in [1.29, 1.82) is 0 Å². The Balaban J connectivity index is 1.80. The maximum Gasteiger partial charge on any atom is 0.337 e. The monoisotopic (exact) mass is 392 g/mol. The first-order valence-electron chi connectivity index (χ1n) is 8.55. The molecule has 0 bridgehead atoms. The molecule has 2 aromatic rings. The lowest BCUT2D eigenvalue weighted by Crippen LogP contribution is -2.00. The van der Waals surface area contributed by atoms with Gasteiger partial charge in [0.25, 0.3) is 0 Å². The summed E-state index contributed by atoms with van der Waals surface area (Å²) >= 11 is 3.46. The van der Waals surface area contributed by atoms with Crippen molar-refractivity contribution in [1.82, 2.24) is 0 Å². The minimum atomic E-state index is -0.312. The number of unbranched alkanes of at least 4 members (excludes halogenated alkanes) is 5. The van der Waals surface area contributed by atoms with Gasteiger partial charge in [-0.05, 0) is 47.9 Å². The molecule has 0 unspecified atom stereocenters. The van der Waals surface area contributed by atoms with Crippen molar-refractivity contribution in [3.05, 3.63) is 42.0 Å². The normalized spacial score (nSPS) is 10.8. The summed E-state index contributed by atoms with van der Waals surface area (Å²) in [6.45, 7) is 0.754. The van der Waals surface area contributed by atoms with E-state index in [0.717, 1.165) is 34.9 Å². The maximum absolute atomic E-state index is 11.6. The zero-order valence-corrected chi connectivity index (χ0v) is 15.8. The molecule has 4 heteroatoms. The van der Waals surface area contributed by atoms with Gasteiger partial charge >= 0.3 is 5.97 Å². The first-order valence-corrected chi connectivity index (χ1v) is 9.67. The number of hydrogen-bond acceptors (Lipinski definition) is 3. The Hall–Kier alpha value is -1.55. The van der Waals surface area contributed by atoms with Crippen molar-refractivity contribution in [2.45, 2.75) is 38.5 Å². The molecule has 0 aliphatic heterocycles. The minimum absolute atomic E-state index is 0.312. The van der Waals surface area contributed by atoms with E-state index < -0.39 is 0 Å². The molecule has 0 saturated carbocycles. The van der Waals surface area contributed by atoms with E-state index in [1.165, 1.54) is 39.2 Å². The highest BCUT2D eigenvalue weighted by molar-refractivity contribution is 9.09. The van der Waals surface area contributed by atoms with Crippen LogP contribution >= 0.6 is 15.9 Å². The molecule has 24 heavy (non-hydrogen) atoms. The molecule has 0 saturated heterocycles. The van der Waals surface area contributed by atoms with Crippen LogP contribution in [0.2, 0.25) is 0 Å². The molecule has 0 fully saturated rings. The van der Waals surface area contributed by atoms with Gasteiger partial charge in [0.15, 0.2) is 0 Å². The highest BCUT2D eigenvalue weighted by atomic mass is 79.9. The number of ether oxygens (including phenoxy) is 2. The van der Waals surface area contributed by atoms with Crippen LogP contribution in [0.3, 0.4) is 0 Å². The first-order chi connectivity index (χ1) is 11.7. The van der Waals surface area contributed by atoms with Crippen LogP contribution in [-0.2, 0) is 4.74 Å². The quantitative estimate of drug-likeness (QED) is 0.293. The summed E-state index contributed by atoms with van der Waals surface area (Å²) in [6.07, 6.45) is 7.48. The number of carbonyl (C=O) groups excluding carboxylic acids is 1. The second-order valence-electron chi connectivity index (χ2n) is 5.87. The molecule has 0 aliphatic carbocycles. The molecule has 0 heterocycles. The summed E-state index contributed by atoms with van der Waals surface area (Å²) < 4.78 is 10.6. The Kier molecular flexibility index (Phi) is 8.10. The molecular weight excluding hydrogens is 368 g/mol. The molecule has 0 aliphatic rings. The summed E-state index contributed by atoms with van der Waals surface area (Å²) in [7, 11) is 1.39. The van der Waals surface area contributed by atoms with Crippen molar-refractivity contribution >= 4 is 32.7 Å². The van der Waals surface area contributed by atoms with Crippen molar-refractivity contribution in [2.75, 3.05) is 19.0 Å². The lowest BCUT2D eigenvalue weighted by atomic mass is 10.1. The number of hydrogen-bond donors (Lipinski definition) is 0. The predicted octanol–water partition coefficient (Wildman–Crippen LogP) is 5.74. The standard InChI is InChI=1S/C20H25BrO3/c1-23-20(22)18-9-8-17-15-19(11-10-16(17)14-18)24-13-7-5-3-2-4-6-12-21/h8-11,14-15H,2-7,12-13H2,1H3. The van der Waals surface area contributed by atoms with E-state index in [0.29, 0.717) is 5.56 Å². The third kappa shape index (κ3) is 5.82. The number of benzene rings is 2. The number of esters is 1. The van der Waals surface area contributed by atoms with Crippen LogP contribution in [0.15, 0.2) is 36.4 Å². The molecule has 0 aromatic heterocycles. The van der Waals surface area contributed by atoms with Crippen LogP contribution in [0, 0.1) is 0 Å². The van der Waals surface area contributed by atoms with Gasteiger partial charge in [-0.25, -0.2) is 4.79 Å². The Labute approximate surface area is 152 Å². The number of fused-ring (bicyclic) bond motifs is 1. The number of rotatable bonds is 10. The van der Waals surface area contributed by atoms with Crippen LogP contribution < -0.4 is 4.74 Å². The van der Waals surface area contributed by atoms with Crippen molar-refractivity contribution in [3.63, 3.8) is 0 Å². The van der Waals surface area contributed by atoms with Crippen molar-refractivity contribution in [2.24, 2.45) is 0 Å². The van der Waals surface area contributed by atoms with E-state index in [2.05, 4.69) is 15.9 Å². The van der Waals surface area contributed by atoms with Gasteiger partial charge in [0, 0.05) is 5.33 Å². The van der Waals surface area contributed by atoms with E-state index in [1.807, 2.05) is 30.3 Å². The van der Waals surface area contributed by atoms with Gasteiger partial charge in [-0.2, -0.15) is 0 Å². The summed E-state index contributed by atoms with van der Waals surface area (Å²) in [4.78, 5) is 11.6. The zero-order chi connectivity index (χ0) is 17.2. The molecule has 0 radical (unpaired) electrons. The maximum atomic E-state index is 11.6. The molecule has 0 spiro atoms. The van der Waals surface area contributed by atoms with Crippen molar-refractivity contribution in [3.8, 4) is 5.75 Å². The summed E-state index contributed by atoms with van der Waals surface area (Å²) in [5, 5.41) is 3.19. The number of alkyl halides is 1. The fourth-order valence-electron chi connectivity index (χ4n) is 2.65. The Morgan fingerprint density at radius 3 is 2.33 bits per heavy atom. The molecule has 2 rings (SSSR count). The smallest absolute Gasteiger partial charge is 0.337 e. The largest absolute Gasteiger partial charge is 0.494 e. The van der Waals surface area contributed by atoms with E-state index in [-0.39, 0.29) is 5.97 Å². The third-order valence-electron chi connectivity index (χ3n) is 4.03. The molecule has 0 N–H and O–H groups in total. The second kappa shape index (κ2) is 10.3. The fraction of sp³-hybridized carbons (Fsp3) is 0.450. The number of methoxy groups -OCH3 is 1. The van der Waals surface area contributed by atoms with Gasteiger partial charge < -0.3 is 9.47 Å². The molecule has 2 aromatic carbocycles. The van der Waals surface area contributed by atoms with Crippen LogP contribution in [0.5, 0.6) is 5.75 Å². The van der Waals surface area contributed by atoms with E-state index in [4.69, 9.17) is 9.47 Å². The van der Waals surface area contributed by atoms with Crippen LogP contribution in [0.4, 0.5) is 0 Å². The zero-order valence-electron chi connectivity index (χ0n) is 14.2. The van der Waals surface area contributed by atoms with Crippen LogP contribution in [0.1, 0.15) is 48.9 Å². The third-order valence-corrected chi connectivity index (χ3v) is 4.59. The topological polar surface area (TPSA) is 35.5 Å². The molecule has 0 amide bonds. The van der Waals surface area contributed by atoms with Gasteiger partial charge in [-0.1, -0.05) is 53.7 Å². The molecule has 0 atom stereocenters. The first kappa shape index (κ1) is 18.8. The minimum Gasteiger partial charge on any atom is -0.494 e. The SMILES string of the molecule is COC(=O)c1ccc2cc(OCCCCCCCCBr)ccc2c1. The van der Waals surface area contributed by atoms with Crippen LogP contribution in [0.25, 0.3) is 10.8 Å². The van der Waals surface area contributed by atoms with Crippen molar-refractivity contribution < 1.29 is 14.3 Å². The van der Waals surface area contributed by atoms with Crippen LogP contribution in [-0.4, -0.2) is 25.0 Å². The van der Waals surface area contributed by atoms with Gasteiger partial charge in [0.05, 0.1) is 19.3 Å². The highest BCUT2D eigenvalue weighted by Gasteiger charge is 2.06. The molecule has 130 valence electrons. The van der Waals surface area contributed by atoms with E-state index in [9.17, 15) is 4.79 Å². The van der Waals surface area contributed by atoms with Gasteiger partial charge in [0.1, 0.15) is 5.75 Å². The fourth-order valence-corrected chi connectivity index (χ4v) is 3.05. The molecular formula is C20H25BrO3. The Morgan fingerprint density at radius 1 is 0.917 bits per heavy atom. The molecule has 3 nitrogen and oxygen atoms in total. The number of carbonyl (C=O) groups is 1. The highest BCUT2D eigenvalue weighted by Crippen LogP contribution is 2.22. The lowest BCUT2D eigenvalue weighted by Gasteiger charge is -2.08. The Morgan fingerprint density at radius 2 is 1.58 bits per heavy atom. The average molecular weight is 393 g/mol. The summed E-state index contributed by atoms with van der Waals surface area (Å²) in [6, 6.07) is 11.5. The lowest BCUT2D eigenvalue weighted by molar-refractivity contribution is 0.0601. The average Bonchev–Trinajstić information content (AvgIpc) is 2.62. The second-order valence-corrected chi connectivity index (χ2v) is 6.67. The van der Waals surface area contributed by atoms with Gasteiger partial charge in [-0.15, -0.1) is 0 Å². The predicted molar refractivity (Wildman–Crippen MR) is 102 cm³/mol. The van der Waals surface area contributed by atoms with E-state index >= 15 is 0 Å². The summed E-state index contributed by atoms with van der Waals surface area (Å²) in [5.41, 5.74) is 0.568. The van der Waals surface area contributed by atoms with E-state index in [1.54, 1.807) is 6.07 Å². The van der Waals surface area contributed by atoms with Gasteiger partial charge in [-0.3, -0.25) is 0 Å². The summed E-state index contributed by atoms with van der Waals surface area (Å²) in [5.74, 6) is 0.570. The Bertz CT molecular complexity index is 654.